The number of rotatable bonds is 0. The van der Waals surface area contributed by atoms with E-state index in [1.807, 2.05) is 0 Å². The number of hydrogen-bond acceptors (Lipinski definition) is 4. The Labute approximate surface area is 34.2 Å². The molecule has 0 saturated carbocycles. The van der Waals surface area contributed by atoms with Crippen molar-refractivity contribution in [2.24, 2.45) is 5.11 Å². The third kappa shape index (κ3) is 0.314. The predicted octanol–water partition coefficient (Wildman–Crippen LogP) is -0.351. The third-order valence-electron chi connectivity index (χ3n) is 0.404. The topological polar surface area (TPSA) is 58.7 Å². The van der Waals surface area contributed by atoms with E-state index in [1.54, 1.807) is 0 Å². The summed E-state index contributed by atoms with van der Waals surface area (Å²) in [5.41, 5.74) is 2.32. The molecule has 0 fully saturated rings. The molecule has 0 aromatic rings. The summed E-state index contributed by atoms with van der Waals surface area (Å²) in [6, 6.07) is 0. The quantitative estimate of drug-likeness (QED) is 0.422. The molecule has 1 aliphatic rings. The number of aliphatic hydroxyl groups is 1. The maximum Gasteiger partial charge on any atom is 0.334 e. The lowest BCUT2D eigenvalue weighted by Gasteiger charge is -1.61. The Kier molecular flexibility index (Phi) is 0.506. The van der Waals surface area contributed by atoms with Crippen LogP contribution >= 0.6 is 0 Å². The summed E-state index contributed by atoms with van der Waals surface area (Å²) >= 11 is 0. The van der Waals surface area contributed by atoms with E-state index in [0.29, 0.717) is 0 Å². The molecule has 1 aliphatic heterocycles. The van der Waals surface area contributed by atoms with Gasteiger partial charge in [0.1, 0.15) is 11.3 Å². The summed E-state index contributed by atoms with van der Waals surface area (Å²) in [4.78, 5) is 0. The maximum atomic E-state index is 8.27. The smallest absolute Gasteiger partial charge is 0.334 e. The van der Waals surface area contributed by atoms with Crippen molar-refractivity contribution in [2.75, 3.05) is 0 Å². The first kappa shape index (κ1) is 3.14. The molecule has 0 aromatic carbocycles. The molecule has 6 heavy (non-hydrogen) atoms. The highest BCUT2D eigenvalue weighted by molar-refractivity contribution is 4.85. The molecule has 1 heterocycles. The Morgan fingerprint density at radius 2 is 2.83 bits per heavy atom. The van der Waals surface area contributed by atoms with E-state index < -0.39 is 0 Å². The van der Waals surface area contributed by atoms with Crippen LogP contribution in [0.3, 0.4) is 0 Å². The van der Waals surface area contributed by atoms with E-state index in [9.17, 15) is 0 Å². The third-order valence-corrected chi connectivity index (χ3v) is 0.404. The van der Waals surface area contributed by atoms with Crippen LogP contribution in [0.25, 0.3) is 0 Å². The van der Waals surface area contributed by atoms with Gasteiger partial charge in [-0.2, -0.15) is 0 Å². The fourth-order valence-electron chi connectivity index (χ4n) is 0.196. The van der Waals surface area contributed by atoms with E-state index in [4.69, 9.17) is 5.11 Å². The molecular formula is C2H3N3O+. The molecule has 0 saturated heterocycles. The summed E-state index contributed by atoms with van der Waals surface area (Å²) in [5, 5.41) is 14.6. The molecule has 2 N–H and O–H groups in total. The Morgan fingerprint density at radius 3 is 3.00 bits per heavy atom. The van der Waals surface area contributed by atoms with Gasteiger partial charge in [0.2, 0.25) is 0 Å². The van der Waals surface area contributed by atoms with E-state index in [2.05, 4.69) is 15.8 Å². The molecule has 4 nitrogen and oxygen atoms in total. The Hall–Kier alpha value is -1.06. The molecule has 0 bridgehead atoms. The van der Waals surface area contributed by atoms with Gasteiger partial charge in [-0.05, 0) is 0 Å². The molecule has 1 rings (SSSR count). The first-order chi connectivity index (χ1) is 2.89. The highest BCUT2D eigenvalue weighted by atomic mass is 16.3. The largest absolute Gasteiger partial charge is 0.488 e. The maximum absolute atomic E-state index is 8.27. The van der Waals surface area contributed by atoms with Gasteiger partial charge in [0.25, 0.3) is 0 Å². The van der Waals surface area contributed by atoms with Crippen LogP contribution in [0.1, 0.15) is 0 Å². The number of nitrogens with one attached hydrogen (secondary N) is 1. The van der Waals surface area contributed by atoms with Crippen LogP contribution in [-0.2, 0) is 0 Å². The minimum atomic E-state index is -0.0741. The number of aliphatic hydroxyl groups excluding tert-OH is 1. The van der Waals surface area contributed by atoms with Gasteiger partial charge in [0, 0.05) is 0 Å². The lowest BCUT2D eigenvalue weighted by atomic mass is 10.9. The van der Waals surface area contributed by atoms with E-state index >= 15 is 0 Å². The summed E-state index contributed by atoms with van der Waals surface area (Å²) in [6.45, 7) is 0. The first-order valence-corrected chi connectivity index (χ1v) is 1.45. The lowest BCUT2D eigenvalue weighted by Crippen LogP contribution is -1.98. The summed E-state index contributed by atoms with van der Waals surface area (Å²) in [7, 11) is 0. The van der Waals surface area contributed by atoms with Crippen LogP contribution in [0.15, 0.2) is 17.2 Å². The van der Waals surface area contributed by atoms with Gasteiger partial charge in [0.05, 0.1) is 0 Å². The predicted molar refractivity (Wildman–Crippen MR) is 18.4 cm³/mol. The molecule has 31 valence electrons. The van der Waals surface area contributed by atoms with E-state index in [-0.39, 0.29) is 5.88 Å². The van der Waals surface area contributed by atoms with Gasteiger partial charge in [0.15, 0.2) is 0 Å². The molecule has 0 aromatic heterocycles. The molecule has 0 unspecified atom stereocenters. The molecule has 0 aliphatic carbocycles. The average Bonchev–Trinajstić information content (AvgIpc) is 1.86. The standard InChI is InChI=1S/C2H3N3O/c6-2-1-3-5-4-2/h1,6H,(H,3,4)/q+1. The molecular weight excluding hydrogens is 82.0 g/mol. The molecule has 0 amide bonds. The summed E-state index contributed by atoms with van der Waals surface area (Å²) in [6.07, 6.45) is 1.29. The summed E-state index contributed by atoms with van der Waals surface area (Å²) in [5.74, 6) is -0.0741. The van der Waals surface area contributed by atoms with Crippen LogP contribution in [0.5, 0.6) is 0 Å². The highest BCUT2D eigenvalue weighted by Crippen LogP contribution is 1.86. The fraction of sp³-hybridized carbons (Fsp3) is 0. The Morgan fingerprint density at radius 1 is 2.00 bits per heavy atom. The van der Waals surface area contributed by atoms with Crippen molar-refractivity contribution in [2.45, 2.75) is 0 Å². The van der Waals surface area contributed by atoms with Crippen molar-refractivity contribution in [3.63, 3.8) is 0 Å². The minimum Gasteiger partial charge on any atom is -0.488 e. The van der Waals surface area contributed by atoms with Gasteiger partial charge in [-0.25, -0.2) is 0 Å². The van der Waals surface area contributed by atoms with Crippen molar-refractivity contribution >= 4 is 0 Å². The zero-order chi connectivity index (χ0) is 4.41. The van der Waals surface area contributed by atoms with Gasteiger partial charge < -0.3 is 5.11 Å². The van der Waals surface area contributed by atoms with Crippen molar-refractivity contribution < 1.29 is 5.11 Å². The molecule has 4 heteroatoms. The Bertz CT molecular complexity index is 103. The lowest BCUT2D eigenvalue weighted by molar-refractivity contribution is 0.403. The van der Waals surface area contributed by atoms with Crippen LogP contribution in [0, 0.1) is 0 Å². The minimum absolute atomic E-state index is 0.0741. The van der Waals surface area contributed by atoms with E-state index in [1.165, 1.54) is 6.20 Å². The van der Waals surface area contributed by atoms with Gasteiger partial charge in [-0.3, -0.25) is 0 Å². The van der Waals surface area contributed by atoms with Crippen molar-refractivity contribution in [1.29, 1.82) is 0 Å². The van der Waals surface area contributed by atoms with Crippen LogP contribution < -0.4 is 10.6 Å². The second-order valence-corrected chi connectivity index (χ2v) is 0.832. The fourth-order valence-corrected chi connectivity index (χ4v) is 0.196. The van der Waals surface area contributed by atoms with Gasteiger partial charge in [-0.15, -0.1) is 0 Å². The first-order valence-electron chi connectivity index (χ1n) is 1.45. The highest BCUT2D eigenvalue weighted by Gasteiger charge is 2.04. The number of hydrogen-bond donors (Lipinski definition) is 2. The second kappa shape index (κ2) is 0.965. The van der Waals surface area contributed by atoms with Gasteiger partial charge >= 0.3 is 11.1 Å². The number of nitrogens with zero attached hydrogens (tertiary/aromatic N) is 2. The van der Waals surface area contributed by atoms with Crippen molar-refractivity contribution in [3.05, 3.63) is 12.1 Å². The van der Waals surface area contributed by atoms with E-state index in [0.717, 1.165) is 0 Å². The molecule has 0 atom stereocenters. The zero-order valence-corrected chi connectivity index (χ0v) is 2.92. The molecule has 0 spiro atoms. The summed E-state index contributed by atoms with van der Waals surface area (Å²) < 4.78 is 0. The second-order valence-electron chi connectivity index (χ2n) is 0.832. The van der Waals surface area contributed by atoms with Crippen LogP contribution in [0.4, 0.5) is 0 Å². The molecule has 1 radical (unpaired) electrons. The van der Waals surface area contributed by atoms with Gasteiger partial charge in [-0.1, -0.05) is 5.43 Å². The van der Waals surface area contributed by atoms with Crippen molar-refractivity contribution in [3.8, 4) is 0 Å². The van der Waals surface area contributed by atoms with Crippen LogP contribution in [0.2, 0.25) is 0 Å². The monoisotopic (exact) mass is 85.0 g/mol. The SMILES string of the molecule is OC1=CN[N+]=N1. The van der Waals surface area contributed by atoms with Crippen LogP contribution in [-0.4, -0.2) is 5.11 Å². The Balaban J connectivity index is 2.68. The average molecular weight is 85.1 g/mol. The zero-order valence-electron chi connectivity index (χ0n) is 2.92. The normalized spacial score (nSPS) is 17.0. The van der Waals surface area contributed by atoms with Crippen molar-refractivity contribution in [1.82, 2.24) is 10.6 Å².